The Hall–Kier alpha value is -1.06. The van der Waals surface area contributed by atoms with Crippen LogP contribution in [0.4, 0.5) is 0 Å². The zero-order chi connectivity index (χ0) is 15.7. The minimum atomic E-state index is -0.365. The maximum atomic E-state index is 12.7. The number of rotatable bonds is 4. The Labute approximate surface area is 123 Å². The first-order chi connectivity index (χ1) is 8.92. The summed E-state index contributed by atoms with van der Waals surface area (Å²) < 4.78 is 0. The van der Waals surface area contributed by atoms with Gasteiger partial charge in [0.1, 0.15) is 12.6 Å². The van der Waals surface area contributed by atoms with E-state index in [2.05, 4.69) is 53.8 Å². The molecule has 20 heavy (non-hydrogen) atoms. The van der Waals surface area contributed by atoms with E-state index in [-0.39, 0.29) is 35.4 Å². The van der Waals surface area contributed by atoms with Crippen LogP contribution in [-0.4, -0.2) is 34.8 Å². The lowest BCUT2D eigenvalue weighted by molar-refractivity contribution is -0.151. The molecular weight excluding hydrogens is 252 g/mol. The Morgan fingerprint density at radius 3 is 2.20 bits per heavy atom. The van der Waals surface area contributed by atoms with Crippen LogP contribution in [0.5, 0.6) is 0 Å². The molecule has 1 N–H and O–H groups in total. The molecule has 0 aromatic rings. The highest BCUT2D eigenvalue weighted by molar-refractivity contribution is 5.95. The van der Waals surface area contributed by atoms with Crippen molar-refractivity contribution in [2.75, 3.05) is 6.54 Å². The normalized spacial score (nSPS) is 21.4. The third-order valence-electron chi connectivity index (χ3n) is 3.60. The predicted molar refractivity (Wildman–Crippen MR) is 81.2 cm³/mol. The molecule has 116 valence electrons. The zero-order valence-electron chi connectivity index (χ0n) is 14.0. The lowest BCUT2D eigenvalue weighted by atomic mass is 9.80. The SMILES string of the molecule is CC(C)CC1NC(=O)CN(C(C)(C)CC(C)(C)C)C1=O. The summed E-state index contributed by atoms with van der Waals surface area (Å²) >= 11 is 0. The molecule has 0 spiro atoms. The van der Waals surface area contributed by atoms with Crippen LogP contribution in [0.1, 0.15) is 61.3 Å². The van der Waals surface area contributed by atoms with E-state index in [4.69, 9.17) is 0 Å². The van der Waals surface area contributed by atoms with Crippen molar-refractivity contribution in [3.8, 4) is 0 Å². The van der Waals surface area contributed by atoms with E-state index in [0.717, 1.165) is 6.42 Å². The Kier molecular flexibility index (Phi) is 4.88. The molecule has 1 saturated heterocycles. The molecule has 1 heterocycles. The number of amides is 2. The summed E-state index contributed by atoms with van der Waals surface area (Å²) in [4.78, 5) is 26.3. The average molecular weight is 282 g/mol. The van der Waals surface area contributed by atoms with Crippen molar-refractivity contribution >= 4 is 11.8 Å². The average Bonchev–Trinajstić information content (AvgIpc) is 2.18. The van der Waals surface area contributed by atoms with Crippen molar-refractivity contribution in [2.24, 2.45) is 11.3 Å². The van der Waals surface area contributed by atoms with Gasteiger partial charge in [0.2, 0.25) is 11.8 Å². The van der Waals surface area contributed by atoms with E-state index >= 15 is 0 Å². The van der Waals surface area contributed by atoms with Gasteiger partial charge < -0.3 is 10.2 Å². The van der Waals surface area contributed by atoms with Crippen LogP contribution < -0.4 is 5.32 Å². The van der Waals surface area contributed by atoms with Crippen molar-refractivity contribution in [3.05, 3.63) is 0 Å². The van der Waals surface area contributed by atoms with Crippen LogP contribution in [0.2, 0.25) is 0 Å². The molecule has 0 radical (unpaired) electrons. The number of carbonyl (C=O) groups excluding carboxylic acids is 2. The molecule has 1 aliphatic rings. The molecule has 1 aliphatic heterocycles. The van der Waals surface area contributed by atoms with Crippen LogP contribution in [0.3, 0.4) is 0 Å². The molecule has 2 amide bonds. The molecule has 4 heteroatoms. The molecular formula is C16H30N2O2. The van der Waals surface area contributed by atoms with Gasteiger partial charge in [0.15, 0.2) is 0 Å². The van der Waals surface area contributed by atoms with Crippen LogP contribution in [0, 0.1) is 11.3 Å². The van der Waals surface area contributed by atoms with Crippen LogP contribution in [-0.2, 0) is 9.59 Å². The van der Waals surface area contributed by atoms with Gasteiger partial charge in [-0.15, -0.1) is 0 Å². The summed E-state index contributed by atoms with van der Waals surface area (Å²) in [6.07, 6.45) is 1.57. The second kappa shape index (κ2) is 5.74. The van der Waals surface area contributed by atoms with Crippen molar-refractivity contribution in [2.45, 2.75) is 72.9 Å². The summed E-state index contributed by atoms with van der Waals surface area (Å²) in [5, 5.41) is 2.83. The molecule has 0 aromatic carbocycles. The topological polar surface area (TPSA) is 49.4 Å². The zero-order valence-corrected chi connectivity index (χ0v) is 14.0. The Morgan fingerprint density at radius 1 is 1.20 bits per heavy atom. The molecule has 0 saturated carbocycles. The fourth-order valence-corrected chi connectivity index (χ4v) is 3.25. The largest absolute Gasteiger partial charge is 0.343 e. The number of nitrogens with one attached hydrogen (secondary N) is 1. The highest BCUT2D eigenvalue weighted by Gasteiger charge is 2.41. The third-order valence-corrected chi connectivity index (χ3v) is 3.60. The number of carbonyl (C=O) groups is 2. The second-order valence-corrected chi connectivity index (χ2v) is 8.22. The second-order valence-electron chi connectivity index (χ2n) is 8.22. The van der Waals surface area contributed by atoms with Crippen molar-refractivity contribution < 1.29 is 9.59 Å². The predicted octanol–water partition coefficient (Wildman–Crippen LogP) is 2.57. The van der Waals surface area contributed by atoms with Crippen LogP contribution >= 0.6 is 0 Å². The van der Waals surface area contributed by atoms with Gasteiger partial charge in [0.25, 0.3) is 0 Å². The monoisotopic (exact) mass is 282 g/mol. The summed E-state index contributed by atoms with van der Waals surface area (Å²) in [6, 6.07) is -0.365. The van der Waals surface area contributed by atoms with Crippen LogP contribution in [0.25, 0.3) is 0 Å². The standard InChI is InChI=1S/C16H30N2O2/c1-11(2)8-12-14(20)18(9-13(19)17-12)16(6,7)10-15(3,4)5/h11-12H,8-10H2,1-7H3,(H,17,19). The van der Waals surface area contributed by atoms with Crippen molar-refractivity contribution in [1.29, 1.82) is 0 Å². The number of hydrogen-bond acceptors (Lipinski definition) is 2. The fourth-order valence-electron chi connectivity index (χ4n) is 3.25. The van der Waals surface area contributed by atoms with E-state index in [0.29, 0.717) is 12.3 Å². The van der Waals surface area contributed by atoms with Crippen molar-refractivity contribution in [3.63, 3.8) is 0 Å². The van der Waals surface area contributed by atoms with E-state index in [1.54, 1.807) is 4.90 Å². The highest BCUT2D eigenvalue weighted by Crippen LogP contribution is 2.32. The molecule has 0 aromatic heterocycles. The first kappa shape index (κ1) is 17.0. The first-order valence-corrected chi connectivity index (χ1v) is 7.53. The van der Waals surface area contributed by atoms with Crippen LogP contribution in [0.15, 0.2) is 0 Å². The van der Waals surface area contributed by atoms with E-state index in [1.807, 2.05) is 0 Å². The van der Waals surface area contributed by atoms with Gasteiger partial charge in [-0.05, 0) is 38.0 Å². The minimum Gasteiger partial charge on any atom is -0.343 e. The maximum Gasteiger partial charge on any atom is 0.246 e. The van der Waals surface area contributed by atoms with E-state index in [1.165, 1.54) is 0 Å². The minimum absolute atomic E-state index is 0.0442. The summed E-state index contributed by atoms with van der Waals surface area (Å²) in [5.74, 6) is 0.403. The Bertz CT molecular complexity index is 380. The van der Waals surface area contributed by atoms with Gasteiger partial charge in [-0.3, -0.25) is 9.59 Å². The molecule has 1 rings (SSSR count). The molecule has 1 unspecified atom stereocenters. The summed E-state index contributed by atoms with van der Waals surface area (Å²) in [6.45, 7) is 14.9. The fraction of sp³-hybridized carbons (Fsp3) is 0.875. The Morgan fingerprint density at radius 2 is 1.75 bits per heavy atom. The van der Waals surface area contributed by atoms with Gasteiger partial charge in [-0.2, -0.15) is 0 Å². The lowest BCUT2D eigenvalue weighted by Crippen LogP contribution is -2.64. The van der Waals surface area contributed by atoms with Gasteiger partial charge in [0, 0.05) is 5.54 Å². The summed E-state index contributed by atoms with van der Waals surface area (Å²) in [7, 11) is 0. The van der Waals surface area contributed by atoms with E-state index < -0.39 is 0 Å². The lowest BCUT2D eigenvalue weighted by Gasteiger charge is -2.46. The molecule has 1 fully saturated rings. The maximum absolute atomic E-state index is 12.7. The Balaban J connectivity index is 2.92. The molecule has 1 atom stereocenters. The highest BCUT2D eigenvalue weighted by atomic mass is 16.2. The molecule has 0 aliphatic carbocycles. The summed E-state index contributed by atoms with van der Waals surface area (Å²) in [5.41, 5.74) is -0.187. The third kappa shape index (κ3) is 4.50. The quantitative estimate of drug-likeness (QED) is 0.861. The van der Waals surface area contributed by atoms with Gasteiger partial charge in [-0.25, -0.2) is 0 Å². The van der Waals surface area contributed by atoms with Gasteiger partial charge in [-0.1, -0.05) is 34.6 Å². The first-order valence-electron chi connectivity index (χ1n) is 7.53. The smallest absolute Gasteiger partial charge is 0.246 e. The number of piperazine rings is 1. The number of nitrogens with zero attached hydrogens (tertiary/aromatic N) is 1. The molecule has 4 nitrogen and oxygen atoms in total. The van der Waals surface area contributed by atoms with Gasteiger partial charge >= 0.3 is 0 Å². The number of hydrogen-bond donors (Lipinski definition) is 1. The van der Waals surface area contributed by atoms with E-state index in [9.17, 15) is 9.59 Å². The van der Waals surface area contributed by atoms with Crippen molar-refractivity contribution in [1.82, 2.24) is 10.2 Å². The molecule has 0 bridgehead atoms. The van der Waals surface area contributed by atoms with Gasteiger partial charge in [0.05, 0.1) is 0 Å².